The predicted octanol–water partition coefficient (Wildman–Crippen LogP) is 3.36. The maximum Gasteiger partial charge on any atom is 0.115 e. The number of rotatable bonds is 3. The summed E-state index contributed by atoms with van der Waals surface area (Å²) in [5.41, 5.74) is 1.38. The molecular weight excluding hydrogens is 227 g/mol. The van der Waals surface area contributed by atoms with E-state index in [2.05, 4.69) is 44.2 Å². The first-order valence-electron chi connectivity index (χ1n) is 5.78. The second kappa shape index (κ2) is 4.89. The summed E-state index contributed by atoms with van der Waals surface area (Å²) in [5, 5.41) is 10.8. The minimum Gasteiger partial charge on any atom is -0.508 e. The summed E-state index contributed by atoms with van der Waals surface area (Å²) in [4.78, 5) is 0. The van der Waals surface area contributed by atoms with Crippen molar-refractivity contribution in [3.05, 3.63) is 60.2 Å². The number of hydrogen-bond donors (Lipinski definition) is 1. The molecule has 0 aromatic heterocycles. The van der Waals surface area contributed by atoms with E-state index in [0.717, 1.165) is 0 Å². The smallest absolute Gasteiger partial charge is 0.115 e. The topological polar surface area (TPSA) is 20.2 Å². The van der Waals surface area contributed by atoms with E-state index in [-0.39, 0.29) is 13.7 Å². The average Bonchev–Trinajstić information content (AvgIpc) is 2.33. The van der Waals surface area contributed by atoms with Crippen molar-refractivity contribution < 1.29 is 5.11 Å². The van der Waals surface area contributed by atoms with Gasteiger partial charge in [-0.3, -0.25) is 0 Å². The van der Waals surface area contributed by atoms with Crippen molar-refractivity contribution in [2.24, 2.45) is 0 Å². The second-order valence-electron chi connectivity index (χ2n) is 4.82. The molecule has 0 fully saturated rings. The van der Waals surface area contributed by atoms with E-state index in [4.69, 9.17) is 0 Å². The average molecular weight is 245 g/mol. The van der Waals surface area contributed by atoms with Gasteiger partial charge in [-0.25, -0.2) is 0 Å². The van der Waals surface area contributed by atoms with E-state index in [1.807, 2.05) is 12.1 Å². The molecule has 1 N–H and O–H groups in total. The molecule has 0 heterocycles. The van der Waals surface area contributed by atoms with Crippen LogP contribution in [0.5, 0.6) is 5.75 Å². The van der Waals surface area contributed by atoms with Gasteiger partial charge in [0, 0.05) is 8.58 Å². The zero-order chi connectivity index (χ0) is 12.3. The first-order valence-corrected chi connectivity index (χ1v) is 6.94. The number of benzene rings is 2. The lowest BCUT2D eigenvalue weighted by Gasteiger charge is -2.19. The predicted molar refractivity (Wildman–Crippen MR) is 76.9 cm³/mol. The molecule has 2 heteroatoms. The summed E-state index contributed by atoms with van der Waals surface area (Å²) in [6.45, 7) is 4.56. The summed E-state index contributed by atoms with van der Waals surface area (Å²) in [6, 6.07) is 18.2. The normalized spacial score (nSPS) is 12.1. The van der Waals surface area contributed by atoms with Gasteiger partial charge < -0.3 is 5.11 Å². The molecule has 0 aliphatic carbocycles. The molecule has 88 valence electrons. The van der Waals surface area contributed by atoms with Crippen LogP contribution in [0.1, 0.15) is 19.4 Å². The SMILES string of the molecule is CC(C)([PH2+]c1ccc(O)cc1)c1ccccc1. The van der Waals surface area contributed by atoms with Crippen molar-refractivity contribution in [3.8, 4) is 5.75 Å². The molecule has 0 saturated heterocycles. The Labute approximate surface area is 104 Å². The maximum absolute atomic E-state index is 9.28. The van der Waals surface area contributed by atoms with E-state index < -0.39 is 0 Å². The van der Waals surface area contributed by atoms with Gasteiger partial charge in [0.1, 0.15) is 5.75 Å². The number of hydrogen-bond acceptors (Lipinski definition) is 1. The van der Waals surface area contributed by atoms with Crippen molar-refractivity contribution in [2.75, 3.05) is 0 Å². The monoisotopic (exact) mass is 245 g/mol. The van der Waals surface area contributed by atoms with Crippen LogP contribution in [0.4, 0.5) is 0 Å². The highest BCUT2D eigenvalue weighted by atomic mass is 31.1. The molecule has 0 radical (unpaired) electrons. The van der Waals surface area contributed by atoms with Gasteiger partial charge in [-0.05, 0) is 43.7 Å². The Morgan fingerprint density at radius 1 is 0.882 bits per heavy atom. The van der Waals surface area contributed by atoms with Crippen LogP contribution in [0.3, 0.4) is 0 Å². The number of phenolic OH excluding ortho intramolecular Hbond substituents is 1. The standard InChI is InChI=1S/C15H17OP/c1-15(2,12-6-4-3-5-7-12)17-14-10-8-13(16)9-11-14/h3-11,16-17H,1-2H3/p+1. The van der Waals surface area contributed by atoms with Crippen molar-refractivity contribution in [2.45, 2.75) is 19.0 Å². The number of aromatic hydroxyl groups is 1. The van der Waals surface area contributed by atoms with Crippen LogP contribution < -0.4 is 5.30 Å². The van der Waals surface area contributed by atoms with Gasteiger partial charge in [0.2, 0.25) is 0 Å². The third-order valence-corrected chi connectivity index (χ3v) is 4.71. The third kappa shape index (κ3) is 3.08. The lowest BCUT2D eigenvalue weighted by molar-refractivity contribution is 0.475. The molecule has 0 amide bonds. The Bertz CT molecular complexity index is 474. The first kappa shape index (κ1) is 12.1. The summed E-state index contributed by atoms with van der Waals surface area (Å²) < 4.78 is 0. The Kier molecular flexibility index (Phi) is 3.49. The van der Waals surface area contributed by atoms with E-state index in [1.165, 1.54) is 10.9 Å². The fraction of sp³-hybridized carbons (Fsp3) is 0.200. The van der Waals surface area contributed by atoms with Crippen LogP contribution in [0.25, 0.3) is 0 Å². The Hall–Kier alpha value is -1.33. The van der Waals surface area contributed by atoms with E-state index in [9.17, 15) is 5.11 Å². The molecule has 2 aromatic rings. The van der Waals surface area contributed by atoms with Crippen molar-refractivity contribution in [1.82, 2.24) is 0 Å². The van der Waals surface area contributed by atoms with Crippen molar-refractivity contribution in [3.63, 3.8) is 0 Å². The van der Waals surface area contributed by atoms with E-state index in [1.54, 1.807) is 12.1 Å². The van der Waals surface area contributed by atoms with Crippen LogP contribution in [-0.4, -0.2) is 5.11 Å². The summed E-state index contributed by atoms with van der Waals surface area (Å²) in [5.74, 6) is 0.339. The molecule has 0 bridgehead atoms. The fourth-order valence-corrected chi connectivity index (χ4v) is 3.52. The molecule has 0 aliphatic rings. The van der Waals surface area contributed by atoms with Gasteiger partial charge >= 0.3 is 0 Å². The van der Waals surface area contributed by atoms with Gasteiger partial charge in [-0.1, -0.05) is 30.3 Å². The molecule has 1 atom stereocenters. The minimum absolute atomic E-state index is 0.142. The Morgan fingerprint density at radius 2 is 1.47 bits per heavy atom. The molecule has 0 aliphatic heterocycles. The van der Waals surface area contributed by atoms with Crippen molar-refractivity contribution in [1.29, 1.82) is 0 Å². The van der Waals surface area contributed by atoms with Crippen molar-refractivity contribution >= 4 is 13.9 Å². The molecule has 17 heavy (non-hydrogen) atoms. The van der Waals surface area contributed by atoms with Crippen LogP contribution in [0.15, 0.2) is 54.6 Å². The minimum atomic E-state index is 0.142. The van der Waals surface area contributed by atoms with Crippen LogP contribution in [0, 0.1) is 0 Å². The fourth-order valence-electron chi connectivity index (χ4n) is 1.94. The van der Waals surface area contributed by atoms with Crippen LogP contribution >= 0.6 is 8.58 Å². The zero-order valence-corrected chi connectivity index (χ0v) is 11.4. The van der Waals surface area contributed by atoms with E-state index >= 15 is 0 Å². The van der Waals surface area contributed by atoms with Gasteiger partial charge in [-0.2, -0.15) is 0 Å². The van der Waals surface area contributed by atoms with Gasteiger partial charge in [0.05, 0.1) is 10.5 Å². The summed E-state index contributed by atoms with van der Waals surface area (Å²) in [6.07, 6.45) is 0. The Balaban J connectivity index is 2.20. The quantitative estimate of drug-likeness (QED) is 0.822. The molecular formula is C15H18OP+. The van der Waals surface area contributed by atoms with Crippen LogP contribution in [0.2, 0.25) is 0 Å². The first-order chi connectivity index (χ1) is 8.08. The van der Waals surface area contributed by atoms with Gasteiger partial charge in [-0.15, -0.1) is 0 Å². The van der Waals surface area contributed by atoms with Gasteiger partial charge in [0.25, 0.3) is 0 Å². The molecule has 1 nitrogen and oxygen atoms in total. The zero-order valence-electron chi connectivity index (χ0n) is 10.2. The largest absolute Gasteiger partial charge is 0.508 e. The molecule has 0 spiro atoms. The molecule has 2 rings (SSSR count). The highest BCUT2D eigenvalue weighted by Gasteiger charge is 2.27. The number of phenols is 1. The molecule has 0 saturated carbocycles. The summed E-state index contributed by atoms with van der Waals surface area (Å²) in [7, 11) is 0.142. The second-order valence-corrected chi connectivity index (χ2v) is 7.22. The lowest BCUT2D eigenvalue weighted by atomic mass is 10.0. The maximum atomic E-state index is 9.28. The Morgan fingerprint density at radius 3 is 2.06 bits per heavy atom. The third-order valence-electron chi connectivity index (χ3n) is 2.94. The highest BCUT2D eigenvalue weighted by Crippen LogP contribution is 2.40. The van der Waals surface area contributed by atoms with E-state index in [0.29, 0.717) is 5.75 Å². The highest BCUT2D eigenvalue weighted by molar-refractivity contribution is 7.48. The molecule has 2 aromatic carbocycles. The van der Waals surface area contributed by atoms with Crippen LogP contribution in [-0.2, 0) is 5.16 Å². The van der Waals surface area contributed by atoms with Gasteiger partial charge in [0.15, 0.2) is 0 Å². The lowest BCUT2D eigenvalue weighted by Crippen LogP contribution is -2.14. The summed E-state index contributed by atoms with van der Waals surface area (Å²) >= 11 is 0. The molecule has 1 unspecified atom stereocenters.